The fourth-order valence-electron chi connectivity index (χ4n) is 2.16. The van der Waals surface area contributed by atoms with E-state index in [2.05, 4.69) is 4.98 Å². The number of fused-ring (bicyclic) bond motifs is 1. The minimum Gasteiger partial charge on any atom is -0.478 e. The number of hydrogen-bond donors (Lipinski definition) is 1. The summed E-state index contributed by atoms with van der Waals surface area (Å²) < 4.78 is 13.2. The smallest absolute Gasteiger partial charge is 0.337 e. The van der Waals surface area contributed by atoms with Gasteiger partial charge in [-0.05, 0) is 30.3 Å². The van der Waals surface area contributed by atoms with Gasteiger partial charge in [0.25, 0.3) is 11.8 Å². The monoisotopic (exact) mass is 286 g/mol. The Morgan fingerprint density at radius 2 is 1.95 bits per heavy atom. The van der Waals surface area contributed by atoms with Crippen molar-refractivity contribution in [1.82, 2.24) is 4.98 Å². The van der Waals surface area contributed by atoms with Crippen LogP contribution in [0.2, 0.25) is 0 Å². The molecule has 0 fully saturated rings. The third-order valence-corrected chi connectivity index (χ3v) is 3.08. The molecule has 6 nitrogen and oxygen atoms in total. The number of carboxylic acid groups (broad SMARTS) is 1. The highest BCUT2D eigenvalue weighted by molar-refractivity contribution is 6.34. The Morgan fingerprint density at radius 3 is 2.62 bits per heavy atom. The van der Waals surface area contributed by atoms with E-state index < -0.39 is 29.2 Å². The van der Waals surface area contributed by atoms with Crippen molar-refractivity contribution in [2.45, 2.75) is 0 Å². The zero-order chi connectivity index (χ0) is 15.1. The molecule has 1 aromatic heterocycles. The molecule has 2 heterocycles. The third kappa shape index (κ3) is 1.86. The van der Waals surface area contributed by atoms with Gasteiger partial charge in [-0.15, -0.1) is 0 Å². The molecule has 0 unspecified atom stereocenters. The number of carboxylic acids is 1. The van der Waals surface area contributed by atoms with Gasteiger partial charge in [-0.1, -0.05) is 0 Å². The summed E-state index contributed by atoms with van der Waals surface area (Å²) in [4.78, 5) is 40.2. The van der Waals surface area contributed by atoms with E-state index in [4.69, 9.17) is 5.11 Å². The van der Waals surface area contributed by atoms with Crippen LogP contribution >= 0.6 is 0 Å². The fourth-order valence-corrected chi connectivity index (χ4v) is 2.16. The number of pyridine rings is 1. The second-order valence-corrected chi connectivity index (χ2v) is 4.31. The SMILES string of the molecule is O=C(O)c1cc(F)ccc1N1C(=O)c2cccnc2C1=O. The summed E-state index contributed by atoms with van der Waals surface area (Å²) in [6.45, 7) is 0. The number of carbonyl (C=O) groups excluding carboxylic acids is 2. The number of amides is 2. The van der Waals surface area contributed by atoms with Crippen molar-refractivity contribution < 1.29 is 23.9 Å². The van der Waals surface area contributed by atoms with Crippen LogP contribution in [0.4, 0.5) is 10.1 Å². The van der Waals surface area contributed by atoms with Gasteiger partial charge < -0.3 is 5.11 Å². The number of benzene rings is 1. The first-order valence-corrected chi connectivity index (χ1v) is 5.87. The van der Waals surface area contributed by atoms with E-state index in [0.29, 0.717) is 4.90 Å². The Labute approximate surface area is 117 Å². The van der Waals surface area contributed by atoms with Crippen molar-refractivity contribution in [2.75, 3.05) is 4.90 Å². The van der Waals surface area contributed by atoms with Gasteiger partial charge in [0.2, 0.25) is 0 Å². The average Bonchev–Trinajstić information content (AvgIpc) is 2.72. The molecule has 0 aliphatic carbocycles. The molecule has 1 aliphatic rings. The van der Waals surface area contributed by atoms with Crippen molar-refractivity contribution in [3.05, 3.63) is 59.2 Å². The molecule has 0 bridgehead atoms. The third-order valence-electron chi connectivity index (χ3n) is 3.08. The minimum atomic E-state index is -1.44. The normalized spacial score (nSPS) is 13.5. The minimum absolute atomic E-state index is 0.0526. The molecule has 104 valence electrons. The molecule has 0 saturated carbocycles. The highest BCUT2D eigenvalue weighted by atomic mass is 19.1. The molecule has 21 heavy (non-hydrogen) atoms. The topological polar surface area (TPSA) is 87.6 Å². The number of nitrogens with zero attached hydrogens (tertiary/aromatic N) is 2. The van der Waals surface area contributed by atoms with Crippen LogP contribution in [0.3, 0.4) is 0 Å². The van der Waals surface area contributed by atoms with Crippen LogP contribution in [0.25, 0.3) is 0 Å². The van der Waals surface area contributed by atoms with E-state index in [1.54, 1.807) is 0 Å². The number of anilines is 1. The summed E-state index contributed by atoms with van der Waals surface area (Å²) in [6, 6.07) is 5.75. The molecular formula is C14H7FN2O4. The summed E-state index contributed by atoms with van der Waals surface area (Å²) in [6.07, 6.45) is 1.36. The van der Waals surface area contributed by atoms with Gasteiger partial charge in [0, 0.05) is 6.20 Å². The first kappa shape index (κ1) is 12.9. The Hall–Kier alpha value is -3.09. The van der Waals surface area contributed by atoms with Crippen molar-refractivity contribution in [3.8, 4) is 0 Å². The van der Waals surface area contributed by atoms with Crippen molar-refractivity contribution in [3.63, 3.8) is 0 Å². The molecule has 0 spiro atoms. The van der Waals surface area contributed by atoms with Crippen LogP contribution in [-0.4, -0.2) is 27.9 Å². The van der Waals surface area contributed by atoms with E-state index in [9.17, 15) is 18.8 Å². The Kier molecular flexibility index (Phi) is 2.76. The largest absolute Gasteiger partial charge is 0.478 e. The molecule has 3 rings (SSSR count). The Morgan fingerprint density at radius 1 is 1.19 bits per heavy atom. The van der Waals surface area contributed by atoms with E-state index >= 15 is 0 Å². The summed E-state index contributed by atoms with van der Waals surface area (Å²) >= 11 is 0. The maximum absolute atomic E-state index is 13.2. The Balaban J connectivity index is 2.18. The van der Waals surface area contributed by atoms with Crippen LogP contribution in [0.1, 0.15) is 31.2 Å². The molecule has 0 radical (unpaired) electrons. The van der Waals surface area contributed by atoms with Gasteiger partial charge in [0.1, 0.15) is 11.5 Å². The first-order chi connectivity index (χ1) is 10.0. The molecule has 1 N–H and O–H groups in total. The van der Waals surface area contributed by atoms with Crippen LogP contribution in [0.15, 0.2) is 36.5 Å². The van der Waals surface area contributed by atoms with Gasteiger partial charge >= 0.3 is 5.97 Å². The number of aromatic nitrogens is 1. The van der Waals surface area contributed by atoms with Gasteiger partial charge in [0.15, 0.2) is 0 Å². The lowest BCUT2D eigenvalue weighted by Gasteiger charge is -2.16. The number of imide groups is 1. The van der Waals surface area contributed by atoms with Crippen molar-refractivity contribution >= 4 is 23.5 Å². The number of rotatable bonds is 2. The highest BCUT2D eigenvalue weighted by Crippen LogP contribution is 2.30. The number of aromatic carboxylic acids is 1. The highest BCUT2D eigenvalue weighted by Gasteiger charge is 2.39. The number of carbonyl (C=O) groups is 3. The van der Waals surface area contributed by atoms with Gasteiger partial charge in [-0.2, -0.15) is 0 Å². The molecule has 1 aromatic carbocycles. The maximum atomic E-state index is 13.2. The summed E-state index contributed by atoms with van der Waals surface area (Å²) in [5.74, 6) is -3.62. The predicted molar refractivity (Wildman–Crippen MR) is 68.7 cm³/mol. The molecule has 0 atom stereocenters. The zero-order valence-electron chi connectivity index (χ0n) is 10.4. The molecule has 0 saturated heterocycles. The van der Waals surface area contributed by atoms with E-state index in [0.717, 1.165) is 18.2 Å². The summed E-state index contributed by atoms with van der Waals surface area (Å²) in [7, 11) is 0. The number of hydrogen-bond acceptors (Lipinski definition) is 4. The van der Waals surface area contributed by atoms with Crippen LogP contribution in [0, 0.1) is 5.82 Å². The Bertz CT molecular complexity index is 768. The van der Waals surface area contributed by atoms with E-state index in [1.165, 1.54) is 18.3 Å². The number of halogens is 1. The van der Waals surface area contributed by atoms with E-state index in [1.807, 2.05) is 0 Å². The standard InChI is InChI=1S/C14H7FN2O4/c15-7-3-4-10(9(6-7)14(20)21)17-12(18)8-2-1-5-16-11(8)13(17)19/h1-6H,(H,20,21). The maximum Gasteiger partial charge on any atom is 0.337 e. The lowest BCUT2D eigenvalue weighted by molar-refractivity contribution is 0.0697. The van der Waals surface area contributed by atoms with E-state index in [-0.39, 0.29) is 16.9 Å². The van der Waals surface area contributed by atoms with Crippen LogP contribution < -0.4 is 4.90 Å². The first-order valence-electron chi connectivity index (χ1n) is 5.87. The average molecular weight is 286 g/mol. The van der Waals surface area contributed by atoms with Gasteiger partial charge in [-0.25, -0.2) is 14.1 Å². The lowest BCUT2D eigenvalue weighted by atomic mass is 10.1. The predicted octanol–water partition coefficient (Wildman–Crippen LogP) is 1.72. The summed E-state index contributed by atoms with van der Waals surface area (Å²) in [5, 5.41) is 9.11. The molecule has 2 amide bonds. The van der Waals surface area contributed by atoms with Crippen LogP contribution in [-0.2, 0) is 0 Å². The molecule has 2 aromatic rings. The van der Waals surface area contributed by atoms with Crippen LogP contribution in [0.5, 0.6) is 0 Å². The van der Waals surface area contributed by atoms with Crippen molar-refractivity contribution in [2.24, 2.45) is 0 Å². The molecular weight excluding hydrogens is 279 g/mol. The van der Waals surface area contributed by atoms with Gasteiger partial charge in [-0.3, -0.25) is 14.6 Å². The summed E-state index contributed by atoms with van der Waals surface area (Å²) in [5.41, 5.74) is -0.618. The lowest BCUT2D eigenvalue weighted by Crippen LogP contribution is -2.31. The quantitative estimate of drug-likeness (QED) is 0.849. The molecule has 1 aliphatic heterocycles. The fraction of sp³-hybridized carbons (Fsp3) is 0. The molecule has 7 heteroatoms. The second-order valence-electron chi connectivity index (χ2n) is 4.31. The zero-order valence-corrected chi connectivity index (χ0v) is 10.4. The van der Waals surface area contributed by atoms with Gasteiger partial charge in [0.05, 0.1) is 16.8 Å². The second kappa shape index (κ2) is 4.48. The van der Waals surface area contributed by atoms with Crippen molar-refractivity contribution in [1.29, 1.82) is 0 Å².